The van der Waals surface area contributed by atoms with Gasteiger partial charge in [0, 0.05) is 17.5 Å². The van der Waals surface area contributed by atoms with E-state index < -0.39 is 11.5 Å². The molecule has 6 heteroatoms. The van der Waals surface area contributed by atoms with Gasteiger partial charge < -0.3 is 4.74 Å². The van der Waals surface area contributed by atoms with Crippen LogP contribution in [0.1, 0.15) is 11.1 Å². The summed E-state index contributed by atoms with van der Waals surface area (Å²) in [5.41, 5.74) is 0.402. The lowest BCUT2D eigenvalue weighted by Gasteiger charge is -2.10. The second-order valence-corrected chi connectivity index (χ2v) is 3.26. The molecule has 0 N–H and O–H groups in total. The Bertz CT molecular complexity index is 480. The van der Waals surface area contributed by atoms with E-state index in [2.05, 4.69) is 10.7 Å². The molecule has 0 saturated carbocycles. The second-order valence-electron chi connectivity index (χ2n) is 3.26. The maximum atomic E-state index is 12.1. The maximum Gasteiger partial charge on any atom is 0.387 e. The van der Waals surface area contributed by atoms with Crippen molar-refractivity contribution >= 4 is 5.69 Å². The van der Waals surface area contributed by atoms with E-state index in [0.717, 1.165) is 6.07 Å². The normalized spacial score (nSPS) is 10.1. The first-order chi connectivity index (χ1) is 7.95. The van der Waals surface area contributed by atoms with Crippen LogP contribution >= 0.6 is 0 Å². The molecular formula is C11H9F2NO3. The van der Waals surface area contributed by atoms with Gasteiger partial charge in [0.05, 0.1) is 11.0 Å². The molecule has 0 aliphatic carbocycles. The average molecular weight is 241 g/mol. The predicted octanol–water partition coefficient (Wildman–Crippen LogP) is 2.68. The summed E-state index contributed by atoms with van der Waals surface area (Å²) in [6, 6.07) is 2.35. The molecule has 0 fully saturated rings. The summed E-state index contributed by atoms with van der Waals surface area (Å²) >= 11 is 0. The molecule has 1 aromatic rings. The number of ether oxygens (including phenoxy) is 1. The molecule has 4 nitrogen and oxygen atoms in total. The first kappa shape index (κ1) is 12.9. The predicted molar refractivity (Wildman–Crippen MR) is 57.0 cm³/mol. The van der Waals surface area contributed by atoms with Crippen molar-refractivity contribution in [2.75, 3.05) is 0 Å². The molecule has 17 heavy (non-hydrogen) atoms. The van der Waals surface area contributed by atoms with Crippen molar-refractivity contribution in [2.45, 2.75) is 20.0 Å². The number of benzene rings is 1. The van der Waals surface area contributed by atoms with Gasteiger partial charge in [-0.05, 0) is 13.0 Å². The topological polar surface area (TPSA) is 52.4 Å². The lowest BCUT2D eigenvalue weighted by atomic mass is 10.1. The molecule has 0 aromatic heterocycles. The van der Waals surface area contributed by atoms with Gasteiger partial charge >= 0.3 is 6.61 Å². The van der Waals surface area contributed by atoms with Crippen LogP contribution in [-0.4, -0.2) is 11.5 Å². The van der Waals surface area contributed by atoms with Gasteiger partial charge in [-0.25, -0.2) is 0 Å². The summed E-state index contributed by atoms with van der Waals surface area (Å²) in [5, 5.41) is 10.7. The second kappa shape index (κ2) is 5.25. The molecule has 0 unspecified atom stereocenters. The summed E-state index contributed by atoms with van der Waals surface area (Å²) in [6.45, 7) is -1.54. The molecule has 0 heterocycles. The Morgan fingerprint density at radius 3 is 2.71 bits per heavy atom. The number of rotatable bonds is 4. The van der Waals surface area contributed by atoms with E-state index in [4.69, 9.17) is 6.42 Å². The summed E-state index contributed by atoms with van der Waals surface area (Å²) in [5.74, 6) is 2.02. The van der Waals surface area contributed by atoms with Crippen molar-refractivity contribution in [2.24, 2.45) is 0 Å². The third-order valence-corrected chi connectivity index (χ3v) is 2.08. The van der Waals surface area contributed by atoms with Crippen molar-refractivity contribution in [1.29, 1.82) is 0 Å². The number of alkyl halides is 2. The minimum Gasteiger partial charge on any atom is -0.434 e. The van der Waals surface area contributed by atoms with Crippen LogP contribution in [0.5, 0.6) is 5.75 Å². The highest BCUT2D eigenvalue weighted by molar-refractivity contribution is 5.51. The fourth-order valence-corrected chi connectivity index (χ4v) is 1.39. The molecule has 0 aliphatic heterocycles. The van der Waals surface area contributed by atoms with E-state index in [1.807, 2.05) is 0 Å². The Hall–Kier alpha value is -2.16. The van der Waals surface area contributed by atoms with Crippen LogP contribution in [0.15, 0.2) is 12.1 Å². The van der Waals surface area contributed by atoms with Crippen LogP contribution in [-0.2, 0) is 6.42 Å². The number of nitrogens with zero attached hydrogens (tertiary/aromatic N) is 1. The molecule has 0 aliphatic rings. The zero-order valence-electron chi connectivity index (χ0n) is 8.94. The number of nitro benzene ring substituents is 1. The standard InChI is InChI=1S/C11H9F2NO3/c1-3-4-8-5-7(2)9(14(15)16)6-10(8)17-11(12)13/h1,5-6,11H,4H2,2H3. The van der Waals surface area contributed by atoms with Crippen LogP contribution in [0.3, 0.4) is 0 Å². The van der Waals surface area contributed by atoms with Gasteiger partial charge in [0.2, 0.25) is 0 Å². The quantitative estimate of drug-likeness (QED) is 0.462. The van der Waals surface area contributed by atoms with Gasteiger partial charge in [0.1, 0.15) is 5.75 Å². The lowest BCUT2D eigenvalue weighted by molar-refractivity contribution is -0.385. The van der Waals surface area contributed by atoms with Crippen molar-refractivity contribution < 1.29 is 18.4 Å². The van der Waals surface area contributed by atoms with Crippen LogP contribution in [0, 0.1) is 29.4 Å². The smallest absolute Gasteiger partial charge is 0.387 e. The number of halogens is 2. The summed E-state index contributed by atoms with van der Waals surface area (Å²) in [6.07, 6.45) is 5.15. The van der Waals surface area contributed by atoms with Crippen LogP contribution in [0.25, 0.3) is 0 Å². The van der Waals surface area contributed by atoms with Gasteiger partial charge in [-0.3, -0.25) is 10.1 Å². The fraction of sp³-hybridized carbons (Fsp3) is 0.273. The minimum atomic E-state index is -3.05. The van der Waals surface area contributed by atoms with Crippen molar-refractivity contribution in [1.82, 2.24) is 0 Å². The van der Waals surface area contributed by atoms with E-state index in [-0.39, 0.29) is 17.9 Å². The minimum absolute atomic E-state index is 0.0703. The summed E-state index contributed by atoms with van der Waals surface area (Å²) < 4.78 is 28.5. The zero-order chi connectivity index (χ0) is 13.0. The highest BCUT2D eigenvalue weighted by atomic mass is 19.3. The SMILES string of the molecule is C#CCc1cc(C)c([N+](=O)[O-])cc1OC(F)F. The van der Waals surface area contributed by atoms with Gasteiger partial charge in [-0.15, -0.1) is 12.3 Å². The van der Waals surface area contributed by atoms with Gasteiger partial charge in [-0.1, -0.05) is 0 Å². The Labute approximate surface area is 96.4 Å². The Morgan fingerprint density at radius 1 is 1.59 bits per heavy atom. The highest BCUT2D eigenvalue weighted by Gasteiger charge is 2.18. The van der Waals surface area contributed by atoms with E-state index in [1.165, 1.54) is 13.0 Å². The molecule has 0 spiro atoms. The lowest BCUT2D eigenvalue weighted by Crippen LogP contribution is -2.06. The molecule has 1 aromatic carbocycles. The maximum absolute atomic E-state index is 12.1. The number of hydrogen-bond acceptors (Lipinski definition) is 3. The molecule has 0 saturated heterocycles. The molecule has 0 bridgehead atoms. The Kier molecular flexibility index (Phi) is 3.99. The summed E-state index contributed by atoms with van der Waals surface area (Å²) in [7, 11) is 0. The molecule has 0 radical (unpaired) electrons. The van der Waals surface area contributed by atoms with Gasteiger partial charge in [0.25, 0.3) is 5.69 Å². The largest absolute Gasteiger partial charge is 0.434 e. The van der Waals surface area contributed by atoms with E-state index >= 15 is 0 Å². The van der Waals surface area contributed by atoms with E-state index in [0.29, 0.717) is 11.1 Å². The number of hydrogen-bond donors (Lipinski definition) is 0. The Balaban J connectivity index is 3.27. The van der Waals surface area contributed by atoms with E-state index in [1.54, 1.807) is 0 Å². The van der Waals surface area contributed by atoms with Crippen LogP contribution in [0.2, 0.25) is 0 Å². The van der Waals surface area contributed by atoms with Crippen molar-refractivity contribution in [3.05, 3.63) is 33.4 Å². The molecule has 0 amide bonds. The van der Waals surface area contributed by atoms with Gasteiger partial charge in [0.15, 0.2) is 0 Å². The molecule has 1 rings (SSSR count). The van der Waals surface area contributed by atoms with Crippen molar-refractivity contribution in [3.8, 4) is 18.1 Å². The van der Waals surface area contributed by atoms with Crippen molar-refractivity contribution in [3.63, 3.8) is 0 Å². The third kappa shape index (κ3) is 3.14. The van der Waals surface area contributed by atoms with Crippen LogP contribution < -0.4 is 4.74 Å². The van der Waals surface area contributed by atoms with Crippen LogP contribution in [0.4, 0.5) is 14.5 Å². The molecule has 0 atom stereocenters. The monoisotopic (exact) mass is 241 g/mol. The molecular weight excluding hydrogens is 232 g/mol. The summed E-state index contributed by atoms with van der Waals surface area (Å²) in [4.78, 5) is 9.99. The first-order valence-corrected chi connectivity index (χ1v) is 4.62. The number of nitro groups is 1. The fourth-order valence-electron chi connectivity index (χ4n) is 1.39. The average Bonchev–Trinajstić information content (AvgIpc) is 2.21. The number of terminal acetylenes is 1. The number of aryl methyl sites for hydroxylation is 1. The highest BCUT2D eigenvalue weighted by Crippen LogP contribution is 2.30. The Morgan fingerprint density at radius 2 is 2.24 bits per heavy atom. The molecule has 90 valence electrons. The first-order valence-electron chi connectivity index (χ1n) is 4.62. The van der Waals surface area contributed by atoms with Gasteiger partial charge in [-0.2, -0.15) is 8.78 Å². The zero-order valence-corrected chi connectivity index (χ0v) is 8.94. The third-order valence-electron chi connectivity index (χ3n) is 2.08. The van der Waals surface area contributed by atoms with E-state index in [9.17, 15) is 18.9 Å².